The number of ether oxygens (including phenoxy) is 1. The van der Waals surface area contributed by atoms with Crippen LogP contribution in [0.4, 0.5) is 0 Å². The molecule has 0 unspecified atom stereocenters. The topological polar surface area (TPSA) is 61.2 Å². The number of fused-ring (bicyclic) bond motifs is 2. The van der Waals surface area contributed by atoms with E-state index in [1.807, 2.05) is 80.6 Å². The zero-order valence-corrected chi connectivity index (χ0v) is 19.2. The Morgan fingerprint density at radius 3 is 2.55 bits per heavy atom. The van der Waals surface area contributed by atoms with Crippen LogP contribution in [-0.4, -0.2) is 21.9 Å². The van der Waals surface area contributed by atoms with Gasteiger partial charge in [-0.1, -0.05) is 48.5 Å². The number of ketones is 1. The summed E-state index contributed by atoms with van der Waals surface area (Å²) in [5.74, 6) is 0.661. The second kappa shape index (κ2) is 8.64. The molecule has 3 aromatic carbocycles. The summed E-state index contributed by atoms with van der Waals surface area (Å²) in [6, 6.07) is 21.2. The van der Waals surface area contributed by atoms with Gasteiger partial charge in [0.25, 0.3) is 5.56 Å². The number of benzene rings is 3. The number of aryl methyl sites for hydroxylation is 1. The zero-order valence-electron chi connectivity index (χ0n) is 18.4. The van der Waals surface area contributed by atoms with Crippen molar-refractivity contribution in [3.05, 3.63) is 93.9 Å². The lowest BCUT2D eigenvalue weighted by Crippen LogP contribution is -2.24. The number of nitrogens with zero attached hydrogens (tertiary/aromatic N) is 2. The van der Waals surface area contributed by atoms with E-state index in [1.54, 1.807) is 0 Å². The summed E-state index contributed by atoms with van der Waals surface area (Å²) in [6.45, 7) is 4.47. The van der Waals surface area contributed by atoms with Gasteiger partial charge in [-0.2, -0.15) is 0 Å². The lowest BCUT2D eigenvalue weighted by molar-refractivity contribution is 0.0971. The first-order valence-corrected chi connectivity index (χ1v) is 11.6. The maximum Gasteiger partial charge on any atom is 0.263 e. The quantitative estimate of drug-likeness (QED) is 0.301. The summed E-state index contributed by atoms with van der Waals surface area (Å²) in [5.41, 5.74) is 2.17. The number of hydrogen-bond acceptors (Lipinski definition) is 5. The van der Waals surface area contributed by atoms with Crippen molar-refractivity contribution in [3.8, 4) is 16.9 Å². The third-order valence-electron chi connectivity index (χ3n) is 5.69. The largest absolute Gasteiger partial charge is 0.494 e. The summed E-state index contributed by atoms with van der Waals surface area (Å²) in [5, 5.41) is 2.62. The Labute approximate surface area is 194 Å². The average Bonchev–Trinajstić information content (AvgIpc) is 3.18. The van der Waals surface area contributed by atoms with E-state index < -0.39 is 0 Å². The second-order valence-electron chi connectivity index (χ2n) is 7.83. The molecule has 0 N–H and O–H groups in total. The van der Waals surface area contributed by atoms with Crippen molar-refractivity contribution in [2.24, 2.45) is 0 Å². The molecule has 164 valence electrons. The van der Waals surface area contributed by atoms with Crippen molar-refractivity contribution in [2.75, 3.05) is 6.61 Å². The predicted molar refractivity (Wildman–Crippen MR) is 134 cm³/mol. The van der Waals surface area contributed by atoms with E-state index in [-0.39, 0.29) is 17.9 Å². The van der Waals surface area contributed by atoms with Crippen LogP contribution < -0.4 is 10.3 Å². The van der Waals surface area contributed by atoms with Crippen molar-refractivity contribution in [2.45, 2.75) is 20.4 Å². The number of thiophene rings is 1. The van der Waals surface area contributed by atoms with Gasteiger partial charge in [-0.25, -0.2) is 4.98 Å². The number of hydrogen-bond donors (Lipinski definition) is 0. The van der Waals surface area contributed by atoms with Gasteiger partial charge in [0.05, 0.1) is 24.9 Å². The van der Waals surface area contributed by atoms with Crippen molar-refractivity contribution >= 4 is 38.1 Å². The number of aromatic nitrogens is 2. The lowest BCUT2D eigenvalue weighted by Gasteiger charge is -2.08. The molecule has 0 amide bonds. The van der Waals surface area contributed by atoms with Crippen molar-refractivity contribution in [1.82, 2.24) is 9.55 Å². The molecule has 0 aliphatic heterocycles. The van der Waals surface area contributed by atoms with Gasteiger partial charge in [-0.15, -0.1) is 11.3 Å². The van der Waals surface area contributed by atoms with Crippen molar-refractivity contribution in [1.29, 1.82) is 0 Å². The number of carbonyl (C=O) groups excluding carboxylic acids is 1. The van der Waals surface area contributed by atoms with E-state index in [4.69, 9.17) is 4.74 Å². The van der Waals surface area contributed by atoms with Gasteiger partial charge in [0.2, 0.25) is 0 Å². The number of Topliss-reactive ketones (excluding diaryl/α,β-unsaturated/α-hetero) is 1. The summed E-state index contributed by atoms with van der Waals surface area (Å²) < 4.78 is 6.95. The molecule has 5 nitrogen and oxygen atoms in total. The molecular formula is C27H22N2O3S. The molecule has 0 bridgehead atoms. The van der Waals surface area contributed by atoms with E-state index >= 15 is 0 Å². The molecule has 0 radical (unpaired) electrons. The zero-order chi connectivity index (χ0) is 22.9. The van der Waals surface area contributed by atoms with Crippen LogP contribution in [0.25, 0.3) is 32.1 Å². The van der Waals surface area contributed by atoms with Gasteiger partial charge in [-0.3, -0.25) is 14.2 Å². The van der Waals surface area contributed by atoms with Gasteiger partial charge < -0.3 is 4.74 Å². The first-order chi connectivity index (χ1) is 16.0. The third kappa shape index (κ3) is 3.94. The highest BCUT2D eigenvalue weighted by atomic mass is 32.1. The Balaban J connectivity index is 1.53. The van der Waals surface area contributed by atoms with Gasteiger partial charge in [0.1, 0.15) is 10.6 Å². The standard InChI is InChI=1S/C27H22N2O3S/c1-3-32-22-12-10-19(11-13-22)24-17(2)33-26-25(24)27(31)29(16-28-26)15-23(30)21-9-8-18-6-4-5-7-20(18)14-21/h4-14,16H,3,15H2,1-2H3. The highest BCUT2D eigenvalue weighted by Crippen LogP contribution is 2.36. The Bertz CT molecular complexity index is 1550. The summed E-state index contributed by atoms with van der Waals surface area (Å²) in [6.07, 6.45) is 1.47. The van der Waals surface area contributed by atoms with Gasteiger partial charge >= 0.3 is 0 Å². The van der Waals surface area contributed by atoms with E-state index in [1.165, 1.54) is 22.2 Å². The van der Waals surface area contributed by atoms with Crippen LogP contribution in [0.5, 0.6) is 5.75 Å². The van der Waals surface area contributed by atoms with E-state index in [0.717, 1.165) is 32.5 Å². The molecule has 5 aromatic rings. The maximum absolute atomic E-state index is 13.4. The molecule has 5 rings (SSSR count). The normalized spacial score (nSPS) is 11.2. The predicted octanol–water partition coefficient (Wildman–Crippen LogP) is 5.87. The van der Waals surface area contributed by atoms with Crippen LogP contribution in [0.15, 0.2) is 77.9 Å². The monoisotopic (exact) mass is 454 g/mol. The minimum Gasteiger partial charge on any atom is -0.494 e. The second-order valence-corrected chi connectivity index (χ2v) is 9.04. The minimum atomic E-state index is -0.206. The molecule has 33 heavy (non-hydrogen) atoms. The van der Waals surface area contributed by atoms with Crippen LogP contribution in [0.1, 0.15) is 22.2 Å². The molecule has 0 saturated heterocycles. The maximum atomic E-state index is 13.4. The lowest BCUT2D eigenvalue weighted by atomic mass is 10.0. The molecule has 0 fully saturated rings. The van der Waals surface area contributed by atoms with E-state index in [0.29, 0.717) is 22.4 Å². The Hall–Kier alpha value is -3.77. The summed E-state index contributed by atoms with van der Waals surface area (Å²) in [7, 11) is 0. The summed E-state index contributed by atoms with van der Waals surface area (Å²) >= 11 is 1.49. The smallest absolute Gasteiger partial charge is 0.263 e. The number of rotatable bonds is 6. The highest BCUT2D eigenvalue weighted by molar-refractivity contribution is 7.19. The SMILES string of the molecule is CCOc1ccc(-c2c(C)sc3ncn(CC(=O)c4ccc5ccccc5c4)c(=O)c23)cc1. The van der Waals surface area contributed by atoms with E-state index in [2.05, 4.69) is 4.98 Å². The van der Waals surface area contributed by atoms with Gasteiger partial charge in [0.15, 0.2) is 5.78 Å². The highest BCUT2D eigenvalue weighted by Gasteiger charge is 2.18. The summed E-state index contributed by atoms with van der Waals surface area (Å²) in [4.78, 5) is 32.6. The molecule has 2 aromatic heterocycles. The third-order valence-corrected chi connectivity index (χ3v) is 6.71. The fraction of sp³-hybridized carbons (Fsp3) is 0.148. The minimum absolute atomic E-state index is 0.0578. The fourth-order valence-electron chi connectivity index (χ4n) is 4.09. The van der Waals surface area contributed by atoms with Gasteiger partial charge in [-0.05, 0) is 48.4 Å². The van der Waals surface area contributed by atoms with Crippen LogP contribution in [0.2, 0.25) is 0 Å². The molecule has 0 aliphatic rings. The molecule has 6 heteroatoms. The van der Waals surface area contributed by atoms with Crippen LogP contribution >= 0.6 is 11.3 Å². The molecule has 0 spiro atoms. The molecule has 0 atom stereocenters. The van der Waals surface area contributed by atoms with Crippen molar-refractivity contribution in [3.63, 3.8) is 0 Å². The average molecular weight is 455 g/mol. The van der Waals surface area contributed by atoms with Crippen LogP contribution in [0.3, 0.4) is 0 Å². The molecular weight excluding hydrogens is 432 g/mol. The Morgan fingerprint density at radius 1 is 1.03 bits per heavy atom. The number of carbonyl (C=O) groups is 1. The van der Waals surface area contributed by atoms with Crippen LogP contribution in [-0.2, 0) is 6.54 Å². The molecule has 0 saturated carbocycles. The first kappa shape index (κ1) is 21.1. The fourth-order valence-corrected chi connectivity index (χ4v) is 5.09. The van der Waals surface area contributed by atoms with Crippen molar-refractivity contribution < 1.29 is 9.53 Å². The Kier molecular flexibility index (Phi) is 5.52. The van der Waals surface area contributed by atoms with Gasteiger partial charge in [0, 0.05) is 16.0 Å². The molecule has 2 heterocycles. The molecule has 0 aliphatic carbocycles. The first-order valence-electron chi connectivity index (χ1n) is 10.8. The van der Waals surface area contributed by atoms with Crippen LogP contribution in [0, 0.1) is 6.92 Å². The van der Waals surface area contributed by atoms with E-state index in [9.17, 15) is 9.59 Å². The Morgan fingerprint density at radius 2 is 1.79 bits per heavy atom.